The number of carbonyl (C=O) groups is 2. The van der Waals surface area contributed by atoms with Gasteiger partial charge in [0.1, 0.15) is 0 Å². The van der Waals surface area contributed by atoms with Gasteiger partial charge in [-0.15, -0.1) is 0 Å². The van der Waals surface area contributed by atoms with E-state index < -0.39 is 18.0 Å². The Labute approximate surface area is 153 Å². The number of hydrogen-bond acceptors (Lipinski definition) is 5. The molecule has 8 heteroatoms. The monoisotopic (exact) mass is 381 g/mol. The fraction of sp³-hybridized carbons (Fsp3) is 0.176. The first-order valence-electron chi connectivity index (χ1n) is 7.31. The molecule has 0 aromatic heterocycles. The van der Waals surface area contributed by atoms with Crippen molar-refractivity contribution >= 4 is 40.8 Å². The van der Waals surface area contributed by atoms with E-state index in [0.717, 1.165) is 0 Å². The van der Waals surface area contributed by atoms with Gasteiger partial charge < -0.3 is 19.5 Å². The number of ether oxygens (including phenoxy) is 3. The smallest absolute Gasteiger partial charge is 0.341 e. The number of halogens is 2. The van der Waals surface area contributed by atoms with E-state index in [9.17, 15) is 9.59 Å². The van der Waals surface area contributed by atoms with Crippen molar-refractivity contribution in [3.63, 3.8) is 0 Å². The summed E-state index contributed by atoms with van der Waals surface area (Å²) in [5.74, 6) is -0.143. The van der Waals surface area contributed by atoms with Gasteiger partial charge in [0.05, 0.1) is 15.6 Å². The summed E-state index contributed by atoms with van der Waals surface area (Å²) in [4.78, 5) is 24.4. The molecule has 130 valence electrons. The average molecular weight is 382 g/mol. The summed E-state index contributed by atoms with van der Waals surface area (Å²) in [6.45, 7) is 1.59. The van der Waals surface area contributed by atoms with Gasteiger partial charge in [-0.05, 0) is 31.2 Å². The van der Waals surface area contributed by atoms with Crippen LogP contribution in [0.4, 0.5) is 5.69 Å². The normalized spacial score (nSPS) is 13.2. The van der Waals surface area contributed by atoms with Crippen LogP contribution in [-0.2, 0) is 9.53 Å². The lowest BCUT2D eigenvalue weighted by molar-refractivity contribution is -0.123. The molecular weight excluding hydrogens is 369 g/mol. The molecule has 3 rings (SSSR count). The molecule has 1 N–H and O–H groups in total. The van der Waals surface area contributed by atoms with Crippen LogP contribution in [0.25, 0.3) is 0 Å². The number of rotatable bonds is 4. The molecule has 0 saturated carbocycles. The van der Waals surface area contributed by atoms with Crippen LogP contribution < -0.4 is 14.8 Å². The van der Waals surface area contributed by atoms with Crippen LogP contribution >= 0.6 is 23.2 Å². The molecule has 0 aliphatic carbocycles. The lowest BCUT2D eigenvalue weighted by Gasteiger charge is -2.14. The van der Waals surface area contributed by atoms with Crippen LogP contribution in [0.2, 0.25) is 10.0 Å². The number of benzene rings is 2. The lowest BCUT2D eigenvalue weighted by atomic mass is 10.2. The van der Waals surface area contributed by atoms with E-state index in [0.29, 0.717) is 17.2 Å². The number of anilines is 1. The third-order valence-corrected chi connectivity index (χ3v) is 4.09. The van der Waals surface area contributed by atoms with E-state index in [1.807, 2.05) is 0 Å². The molecule has 0 unspecified atom stereocenters. The maximum atomic E-state index is 12.2. The van der Waals surface area contributed by atoms with Crippen molar-refractivity contribution in [1.82, 2.24) is 0 Å². The highest BCUT2D eigenvalue weighted by molar-refractivity contribution is 6.39. The number of nitrogens with one attached hydrogen (secondary N) is 1. The zero-order valence-electron chi connectivity index (χ0n) is 13.0. The first-order valence-corrected chi connectivity index (χ1v) is 8.07. The van der Waals surface area contributed by atoms with E-state index >= 15 is 0 Å². The Morgan fingerprint density at radius 3 is 2.52 bits per heavy atom. The second kappa shape index (κ2) is 7.21. The van der Waals surface area contributed by atoms with Gasteiger partial charge in [-0.3, -0.25) is 4.79 Å². The lowest BCUT2D eigenvalue weighted by Crippen LogP contribution is -2.30. The minimum atomic E-state index is -1.05. The topological polar surface area (TPSA) is 73.9 Å². The van der Waals surface area contributed by atoms with Crippen molar-refractivity contribution in [3.05, 3.63) is 52.0 Å². The quantitative estimate of drug-likeness (QED) is 0.812. The molecule has 1 aliphatic rings. The van der Waals surface area contributed by atoms with Crippen molar-refractivity contribution in [3.8, 4) is 11.5 Å². The van der Waals surface area contributed by atoms with E-state index in [-0.39, 0.29) is 22.4 Å². The Balaban J connectivity index is 1.65. The molecule has 0 radical (unpaired) electrons. The maximum Gasteiger partial charge on any atom is 0.341 e. The van der Waals surface area contributed by atoms with Crippen LogP contribution in [-0.4, -0.2) is 24.8 Å². The summed E-state index contributed by atoms with van der Waals surface area (Å²) in [6, 6.07) is 9.60. The summed E-state index contributed by atoms with van der Waals surface area (Å²) in [5.41, 5.74) is 0.515. The molecule has 1 atom stereocenters. The van der Waals surface area contributed by atoms with Gasteiger partial charge in [-0.1, -0.05) is 29.3 Å². The molecule has 1 heterocycles. The summed E-state index contributed by atoms with van der Waals surface area (Å²) in [6.07, 6.45) is -1.05. The molecule has 0 fully saturated rings. The zero-order chi connectivity index (χ0) is 18.0. The molecular formula is C17H13Cl2NO5. The van der Waals surface area contributed by atoms with Gasteiger partial charge in [0.2, 0.25) is 6.79 Å². The third kappa shape index (κ3) is 3.81. The standard InChI is InChI=1S/C17H13Cl2NO5/c1-9(25-17(22)15-11(18)3-2-4-12(15)19)16(21)20-10-5-6-13-14(7-10)24-8-23-13/h2-7,9H,8H2,1H3,(H,20,21)/t9-/m1/s1. The number of amides is 1. The highest BCUT2D eigenvalue weighted by Gasteiger charge is 2.23. The van der Waals surface area contributed by atoms with Crippen molar-refractivity contribution in [2.24, 2.45) is 0 Å². The Kier molecular flexibility index (Phi) is 5.01. The molecule has 1 aliphatic heterocycles. The Bertz CT molecular complexity index is 820. The summed E-state index contributed by atoms with van der Waals surface area (Å²) in [7, 11) is 0. The molecule has 1 amide bonds. The van der Waals surface area contributed by atoms with E-state index in [4.69, 9.17) is 37.4 Å². The average Bonchev–Trinajstić information content (AvgIpc) is 3.02. The van der Waals surface area contributed by atoms with Gasteiger partial charge in [0.25, 0.3) is 5.91 Å². The molecule has 0 saturated heterocycles. The largest absolute Gasteiger partial charge is 0.454 e. The highest BCUT2D eigenvalue weighted by Crippen LogP contribution is 2.34. The van der Waals surface area contributed by atoms with Gasteiger partial charge >= 0.3 is 5.97 Å². The molecule has 25 heavy (non-hydrogen) atoms. The van der Waals surface area contributed by atoms with E-state index in [1.54, 1.807) is 24.3 Å². The molecule has 2 aromatic rings. The molecule has 2 aromatic carbocycles. The third-order valence-electron chi connectivity index (χ3n) is 3.46. The Hall–Kier alpha value is -2.44. The van der Waals surface area contributed by atoms with Crippen LogP contribution in [0, 0.1) is 0 Å². The summed E-state index contributed by atoms with van der Waals surface area (Å²) < 4.78 is 15.6. The van der Waals surface area contributed by atoms with Crippen molar-refractivity contribution in [2.75, 3.05) is 12.1 Å². The predicted octanol–water partition coefficient (Wildman–Crippen LogP) is 3.91. The van der Waals surface area contributed by atoms with Gasteiger partial charge in [0.15, 0.2) is 17.6 Å². The number of esters is 1. The Morgan fingerprint density at radius 2 is 1.80 bits per heavy atom. The summed E-state index contributed by atoms with van der Waals surface area (Å²) >= 11 is 11.9. The summed E-state index contributed by atoms with van der Waals surface area (Å²) in [5, 5.41) is 2.95. The first-order chi connectivity index (χ1) is 12.0. The molecule has 6 nitrogen and oxygen atoms in total. The van der Waals surface area contributed by atoms with Gasteiger partial charge in [0, 0.05) is 11.8 Å². The SMILES string of the molecule is C[C@@H](OC(=O)c1c(Cl)cccc1Cl)C(=O)Nc1ccc2c(c1)OCO2. The number of carbonyl (C=O) groups excluding carboxylic acids is 2. The predicted molar refractivity (Wildman–Crippen MR) is 92.5 cm³/mol. The van der Waals surface area contributed by atoms with Crippen molar-refractivity contribution < 1.29 is 23.8 Å². The minimum Gasteiger partial charge on any atom is -0.454 e. The maximum absolute atomic E-state index is 12.2. The first kappa shape index (κ1) is 17.4. The van der Waals surface area contributed by atoms with E-state index in [2.05, 4.69) is 5.32 Å². The molecule has 0 bridgehead atoms. The second-order valence-corrected chi connectivity index (χ2v) is 6.02. The Morgan fingerprint density at radius 1 is 1.12 bits per heavy atom. The zero-order valence-corrected chi connectivity index (χ0v) is 14.6. The van der Waals surface area contributed by atoms with Crippen LogP contribution in [0.15, 0.2) is 36.4 Å². The highest BCUT2D eigenvalue weighted by atomic mass is 35.5. The number of fused-ring (bicyclic) bond motifs is 1. The number of hydrogen-bond donors (Lipinski definition) is 1. The van der Waals surface area contributed by atoms with Gasteiger partial charge in [-0.2, -0.15) is 0 Å². The minimum absolute atomic E-state index is 0.0218. The van der Waals surface area contributed by atoms with Crippen LogP contribution in [0.5, 0.6) is 11.5 Å². The second-order valence-electron chi connectivity index (χ2n) is 5.20. The van der Waals surface area contributed by atoms with Crippen LogP contribution in [0.3, 0.4) is 0 Å². The molecule has 0 spiro atoms. The van der Waals surface area contributed by atoms with E-state index in [1.165, 1.54) is 19.1 Å². The fourth-order valence-electron chi connectivity index (χ4n) is 2.18. The van der Waals surface area contributed by atoms with Crippen molar-refractivity contribution in [2.45, 2.75) is 13.0 Å². The van der Waals surface area contributed by atoms with Crippen molar-refractivity contribution in [1.29, 1.82) is 0 Å². The fourth-order valence-corrected chi connectivity index (χ4v) is 2.74. The van der Waals surface area contributed by atoms with Crippen LogP contribution in [0.1, 0.15) is 17.3 Å². The van der Waals surface area contributed by atoms with Gasteiger partial charge in [-0.25, -0.2) is 4.79 Å².